The second kappa shape index (κ2) is 59.6. The summed E-state index contributed by atoms with van der Waals surface area (Å²) in [6, 6.07) is -0.757. The van der Waals surface area contributed by atoms with E-state index in [0.717, 1.165) is 44.9 Å². The summed E-state index contributed by atoms with van der Waals surface area (Å²) in [5, 5.41) is 14.1. The van der Waals surface area contributed by atoms with Crippen molar-refractivity contribution < 1.29 is 32.9 Å². The van der Waals surface area contributed by atoms with Crippen molar-refractivity contribution in [3.8, 4) is 0 Å². The summed E-state index contributed by atoms with van der Waals surface area (Å²) in [4.78, 5) is 23.4. The van der Waals surface area contributed by atoms with Crippen LogP contribution in [0.15, 0.2) is 24.3 Å². The zero-order valence-corrected chi connectivity index (χ0v) is 53.4. The molecule has 3 N–H and O–H groups in total. The average Bonchev–Trinajstić information content (AvgIpc) is 3.39. The lowest BCUT2D eigenvalue weighted by Crippen LogP contribution is -2.46. The van der Waals surface area contributed by atoms with Crippen LogP contribution in [0.2, 0.25) is 0 Å². The van der Waals surface area contributed by atoms with E-state index in [1.165, 1.54) is 283 Å². The Morgan fingerprint density at radius 2 is 0.740 bits per heavy atom. The minimum atomic E-state index is -4.32. The molecule has 0 bridgehead atoms. The second-order valence-electron chi connectivity index (χ2n) is 24.9. The second-order valence-corrected chi connectivity index (χ2v) is 26.4. The number of amides is 1. The number of phosphoric ester groups is 1. The molecule has 8 nitrogen and oxygen atoms in total. The zero-order chi connectivity index (χ0) is 56.3. The van der Waals surface area contributed by atoms with E-state index in [0.29, 0.717) is 23.9 Å². The van der Waals surface area contributed by atoms with Crippen molar-refractivity contribution in [2.45, 2.75) is 366 Å². The lowest BCUT2D eigenvalue weighted by molar-refractivity contribution is -0.870. The number of phosphoric acid groups is 1. The highest BCUT2D eigenvalue weighted by atomic mass is 31.2. The molecule has 0 aliphatic carbocycles. The highest BCUT2D eigenvalue weighted by Crippen LogP contribution is 2.43. The molecular formula is C68H136N2O6P+. The van der Waals surface area contributed by atoms with E-state index in [-0.39, 0.29) is 19.1 Å². The van der Waals surface area contributed by atoms with Gasteiger partial charge >= 0.3 is 7.82 Å². The monoisotopic (exact) mass is 1110 g/mol. The SMILES string of the molecule is CCCCCCC/C=C\C/C=C\CCCCCCCCCCCCCCCCCCCCCCCCCCCCCC(=O)NC(COP(=O)(O)OCC[N+](C)(C)C)C(O)CCCCCCCCCCCCCCCCCC. The van der Waals surface area contributed by atoms with E-state index in [1.807, 2.05) is 21.1 Å². The van der Waals surface area contributed by atoms with Crippen molar-refractivity contribution in [3.63, 3.8) is 0 Å². The number of quaternary nitrogens is 1. The first-order valence-corrected chi connectivity index (χ1v) is 35.7. The summed E-state index contributed by atoms with van der Waals surface area (Å²) in [6.07, 6.45) is 77.2. The summed E-state index contributed by atoms with van der Waals surface area (Å²) in [7, 11) is 1.63. The maximum atomic E-state index is 13.0. The number of likely N-dealkylation sites (N-methyl/N-ethyl adjacent to an activating group) is 1. The number of nitrogens with one attached hydrogen (secondary N) is 1. The van der Waals surface area contributed by atoms with Crippen LogP contribution in [0.5, 0.6) is 0 Å². The van der Waals surface area contributed by atoms with Crippen molar-refractivity contribution in [2.75, 3.05) is 40.9 Å². The number of rotatable bonds is 64. The molecule has 0 aromatic heterocycles. The molecule has 0 rings (SSSR count). The number of hydrogen-bond donors (Lipinski definition) is 3. The molecular weight excluding hydrogens is 972 g/mol. The Labute approximate surface area is 481 Å². The smallest absolute Gasteiger partial charge is 0.391 e. The van der Waals surface area contributed by atoms with E-state index in [2.05, 4.69) is 43.5 Å². The molecule has 9 heteroatoms. The van der Waals surface area contributed by atoms with Gasteiger partial charge in [-0.2, -0.15) is 0 Å². The number of aliphatic hydroxyl groups is 1. The first kappa shape index (κ1) is 76.0. The van der Waals surface area contributed by atoms with Gasteiger partial charge in [-0.1, -0.05) is 327 Å². The first-order valence-electron chi connectivity index (χ1n) is 34.2. The number of carbonyl (C=O) groups excluding carboxylic acids is 1. The fourth-order valence-corrected chi connectivity index (χ4v) is 11.3. The van der Waals surface area contributed by atoms with Crippen molar-refractivity contribution in [1.82, 2.24) is 5.32 Å². The molecule has 0 spiro atoms. The molecule has 0 aromatic rings. The van der Waals surface area contributed by atoms with Gasteiger partial charge in [0, 0.05) is 6.42 Å². The lowest BCUT2D eigenvalue weighted by Gasteiger charge is -2.26. The Morgan fingerprint density at radius 3 is 1.06 bits per heavy atom. The minimum absolute atomic E-state index is 0.0780. The molecule has 0 saturated carbocycles. The average molecular weight is 1110 g/mol. The molecule has 0 heterocycles. The first-order chi connectivity index (χ1) is 37.5. The quantitative estimate of drug-likeness (QED) is 0.0243. The minimum Gasteiger partial charge on any atom is -0.391 e. The topological polar surface area (TPSA) is 105 Å². The fraction of sp³-hybridized carbons (Fsp3) is 0.926. The van der Waals surface area contributed by atoms with E-state index in [1.54, 1.807) is 0 Å². The lowest BCUT2D eigenvalue weighted by atomic mass is 10.0. The van der Waals surface area contributed by atoms with E-state index >= 15 is 0 Å². The van der Waals surface area contributed by atoms with Gasteiger partial charge in [-0.3, -0.25) is 13.8 Å². The van der Waals surface area contributed by atoms with Gasteiger partial charge in [0.15, 0.2) is 0 Å². The van der Waals surface area contributed by atoms with Gasteiger partial charge in [0.1, 0.15) is 13.2 Å². The number of unbranched alkanes of at least 4 members (excludes halogenated alkanes) is 47. The van der Waals surface area contributed by atoms with Crippen molar-refractivity contribution in [1.29, 1.82) is 0 Å². The number of carbonyl (C=O) groups is 1. The van der Waals surface area contributed by atoms with Crippen LogP contribution in [-0.4, -0.2) is 73.4 Å². The third-order valence-corrected chi connectivity index (χ3v) is 16.9. The van der Waals surface area contributed by atoms with Gasteiger partial charge in [0.05, 0.1) is 39.9 Å². The van der Waals surface area contributed by atoms with Gasteiger partial charge in [0.2, 0.25) is 5.91 Å². The number of allylic oxidation sites excluding steroid dienone is 4. The molecule has 3 atom stereocenters. The molecule has 0 fully saturated rings. The maximum absolute atomic E-state index is 13.0. The standard InChI is InChI=1S/C68H135N2O6P/c1-6-8-10-12-14-16-18-20-22-24-25-26-27-28-29-30-31-32-33-34-35-36-37-38-39-40-41-42-43-44-45-46-48-50-52-54-56-58-60-62-68(72)69-66(65-76-77(73,74)75-64-63-70(3,4)5)67(71)61-59-57-55-53-51-49-47-23-21-19-17-15-13-11-9-7-2/h18,20,24-25,66-67,71H,6-17,19,21-23,26-65H2,1-5H3,(H-,69,72,73,74)/p+1/b20-18-,25-24-. The van der Waals surface area contributed by atoms with Crippen LogP contribution < -0.4 is 5.32 Å². The Kier molecular flexibility index (Phi) is 58.8. The van der Waals surface area contributed by atoms with E-state index in [9.17, 15) is 19.4 Å². The van der Waals surface area contributed by atoms with E-state index in [4.69, 9.17) is 9.05 Å². The zero-order valence-electron chi connectivity index (χ0n) is 52.5. The molecule has 77 heavy (non-hydrogen) atoms. The predicted octanol–water partition coefficient (Wildman–Crippen LogP) is 21.5. The van der Waals surface area contributed by atoms with Gasteiger partial charge < -0.3 is 19.8 Å². The van der Waals surface area contributed by atoms with Crippen molar-refractivity contribution in [3.05, 3.63) is 24.3 Å². The summed E-state index contributed by atoms with van der Waals surface area (Å²) in [5.41, 5.74) is 0. The van der Waals surface area contributed by atoms with Crippen LogP contribution >= 0.6 is 7.82 Å². The summed E-state index contributed by atoms with van der Waals surface area (Å²) < 4.78 is 23.8. The highest BCUT2D eigenvalue weighted by molar-refractivity contribution is 7.47. The maximum Gasteiger partial charge on any atom is 0.472 e. The Bertz CT molecular complexity index is 1300. The molecule has 1 amide bonds. The molecule has 0 aliphatic heterocycles. The van der Waals surface area contributed by atoms with Crippen LogP contribution in [-0.2, 0) is 18.4 Å². The van der Waals surface area contributed by atoms with Gasteiger partial charge in [-0.15, -0.1) is 0 Å². The van der Waals surface area contributed by atoms with Crippen LogP contribution in [0.1, 0.15) is 354 Å². The summed E-state index contributed by atoms with van der Waals surface area (Å²) >= 11 is 0. The van der Waals surface area contributed by atoms with Crippen LogP contribution in [0.25, 0.3) is 0 Å². The number of aliphatic hydroxyl groups excluding tert-OH is 1. The van der Waals surface area contributed by atoms with Gasteiger partial charge in [-0.25, -0.2) is 4.57 Å². The van der Waals surface area contributed by atoms with Crippen LogP contribution in [0.4, 0.5) is 0 Å². The van der Waals surface area contributed by atoms with Gasteiger partial charge in [-0.05, 0) is 44.9 Å². The molecule has 0 aliphatic rings. The summed E-state index contributed by atoms with van der Waals surface area (Å²) in [6.45, 7) is 4.93. The molecule has 0 radical (unpaired) electrons. The van der Waals surface area contributed by atoms with Gasteiger partial charge in [0.25, 0.3) is 0 Å². The molecule has 0 aromatic carbocycles. The largest absolute Gasteiger partial charge is 0.472 e. The van der Waals surface area contributed by atoms with Crippen molar-refractivity contribution in [2.24, 2.45) is 0 Å². The third-order valence-electron chi connectivity index (χ3n) is 16.0. The Morgan fingerprint density at radius 1 is 0.442 bits per heavy atom. The Hall–Kier alpha value is -1.02. The third kappa shape index (κ3) is 62.4. The van der Waals surface area contributed by atoms with Crippen LogP contribution in [0, 0.1) is 0 Å². The highest BCUT2D eigenvalue weighted by Gasteiger charge is 2.28. The van der Waals surface area contributed by atoms with Crippen LogP contribution in [0.3, 0.4) is 0 Å². The normalized spacial score (nSPS) is 13.8. The fourth-order valence-electron chi connectivity index (χ4n) is 10.6. The van der Waals surface area contributed by atoms with E-state index < -0.39 is 20.0 Å². The van der Waals surface area contributed by atoms with Crippen molar-refractivity contribution >= 4 is 13.7 Å². The summed E-state index contributed by atoms with van der Waals surface area (Å²) in [5.74, 6) is -0.136. The molecule has 458 valence electrons. The predicted molar refractivity (Wildman–Crippen MR) is 337 cm³/mol. The Balaban J connectivity index is 3.86. The molecule has 0 saturated heterocycles. The number of hydrogen-bond acceptors (Lipinski definition) is 5. The molecule has 3 unspecified atom stereocenters. The number of nitrogens with zero attached hydrogens (tertiary/aromatic N) is 1.